The van der Waals surface area contributed by atoms with Crippen LogP contribution in [0.15, 0.2) is 35.7 Å². The molecule has 0 aromatic heterocycles. The van der Waals surface area contributed by atoms with Crippen molar-refractivity contribution in [2.45, 2.75) is 43.9 Å². The Bertz CT molecular complexity index is 893. The number of hydrogen-bond acceptors (Lipinski definition) is 4. The summed E-state index contributed by atoms with van der Waals surface area (Å²) in [6.45, 7) is 2.35. The van der Waals surface area contributed by atoms with Gasteiger partial charge in [-0.05, 0) is 41.9 Å². The van der Waals surface area contributed by atoms with Gasteiger partial charge in [0.2, 0.25) is 0 Å². The lowest BCUT2D eigenvalue weighted by molar-refractivity contribution is -0.426. The zero-order valence-electron chi connectivity index (χ0n) is 15.9. The molecule has 3 aliphatic rings. The first-order chi connectivity index (χ1) is 13.6. The Labute approximate surface area is 168 Å². The maximum absolute atomic E-state index is 12.9. The monoisotopic (exact) mass is 398 g/mol. The highest BCUT2D eigenvalue weighted by Crippen LogP contribution is 2.31. The van der Waals surface area contributed by atoms with Gasteiger partial charge in [-0.15, -0.1) is 11.8 Å². The first-order valence-corrected chi connectivity index (χ1v) is 10.7. The van der Waals surface area contributed by atoms with Gasteiger partial charge in [0, 0.05) is 0 Å². The number of hydrogen-bond donors (Lipinski definition) is 1. The summed E-state index contributed by atoms with van der Waals surface area (Å²) in [4.78, 5) is 39.7. The van der Waals surface area contributed by atoms with Crippen molar-refractivity contribution in [1.29, 1.82) is 0 Å². The van der Waals surface area contributed by atoms with Gasteiger partial charge in [0.05, 0.1) is 12.6 Å². The van der Waals surface area contributed by atoms with Gasteiger partial charge in [-0.2, -0.15) is 14.3 Å². The minimum atomic E-state index is -0.422. The molecule has 2 heterocycles. The average molecular weight is 399 g/mol. The van der Waals surface area contributed by atoms with E-state index in [0.717, 1.165) is 31.2 Å². The van der Waals surface area contributed by atoms with E-state index in [1.54, 1.807) is 6.08 Å². The third-order valence-electron chi connectivity index (χ3n) is 5.49. The largest absolute Gasteiger partial charge is 0.501 e. The van der Waals surface area contributed by atoms with Crippen LogP contribution < -0.4 is 5.32 Å². The molecule has 0 fully saturated rings. The van der Waals surface area contributed by atoms with E-state index < -0.39 is 5.25 Å². The molecular formula is C21H24N3O3S+. The summed E-state index contributed by atoms with van der Waals surface area (Å²) < 4.78 is 1.47. The molecule has 0 bridgehead atoms. The molecule has 4 rings (SSSR count). The van der Waals surface area contributed by atoms with Crippen molar-refractivity contribution in [3.05, 3.63) is 46.9 Å². The van der Waals surface area contributed by atoms with Gasteiger partial charge >= 0.3 is 11.9 Å². The van der Waals surface area contributed by atoms with Crippen LogP contribution in [0.1, 0.15) is 43.4 Å². The van der Waals surface area contributed by atoms with Gasteiger partial charge < -0.3 is 5.32 Å². The van der Waals surface area contributed by atoms with Crippen LogP contribution >= 0.6 is 11.8 Å². The first kappa shape index (κ1) is 18.9. The van der Waals surface area contributed by atoms with E-state index in [1.807, 2.05) is 30.5 Å². The summed E-state index contributed by atoms with van der Waals surface area (Å²) in [6.07, 6.45) is 5.25. The summed E-state index contributed by atoms with van der Waals surface area (Å²) in [7, 11) is 0. The number of urea groups is 1. The number of amides is 4. The van der Waals surface area contributed by atoms with E-state index in [1.165, 1.54) is 26.8 Å². The maximum atomic E-state index is 12.9. The number of nitrogens with zero attached hydrogens (tertiary/aromatic N) is 2. The Kier molecular flexibility index (Phi) is 5.35. The second-order valence-electron chi connectivity index (χ2n) is 7.31. The Balaban J connectivity index is 1.51. The van der Waals surface area contributed by atoms with E-state index in [0.29, 0.717) is 12.3 Å². The molecule has 1 aromatic carbocycles. The standard InChI is InChI=1S/C21H23N3O3S/c1-2-3-11-23-20(26)19-17(10-12-28-19)24(21(23)27)13-18(25)22-16-9-8-14-6-4-5-7-15(14)16/h4-7,10,12,16,19H,2-3,8-9,11,13H2,1H3/p+1. The van der Waals surface area contributed by atoms with Crippen molar-refractivity contribution in [3.8, 4) is 0 Å². The molecule has 1 N–H and O–H groups in total. The zero-order valence-corrected chi connectivity index (χ0v) is 16.7. The molecule has 2 unspecified atom stereocenters. The molecule has 2 aliphatic heterocycles. The minimum absolute atomic E-state index is 0.0179. The Morgan fingerprint density at radius 1 is 1.32 bits per heavy atom. The van der Waals surface area contributed by atoms with Crippen LogP contribution in [0.25, 0.3) is 0 Å². The summed E-state index contributed by atoms with van der Waals surface area (Å²) in [6, 6.07) is 7.72. The highest BCUT2D eigenvalue weighted by molar-refractivity contribution is 8.04. The number of fused-ring (bicyclic) bond motifs is 2. The fourth-order valence-electron chi connectivity index (χ4n) is 4.02. The predicted octanol–water partition coefficient (Wildman–Crippen LogP) is 2.64. The van der Waals surface area contributed by atoms with Crippen LogP contribution in [0.2, 0.25) is 0 Å². The number of carbonyl (C=O) groups excluding carboxylic acids is 3. The Hall–Kier alpha value is -2.41. The second kappa shape index (κ2) is 7.91. The first-order valence-electron chi connectivity index (χ1n) is 9.79. The van der Waals surface area contributed by atoms with Gasteiger partial charge in [0.1, 0.15) is 5.71 Å². The van der Waals surface area contributed by atoms with Gasteiger partial charge in [-0.25, -0.2) is 4.79 Å². The van der Waals surface area contributed by atoms with E-state index in [4.69, 9.17) is 0 Å². The molecule has 2 atom stereocenters. The molecule has 4 amide bonds. The van der Waals surface area contributed by atoms with E-state index in [9.17, 15) is 14.4 Å². The summed E-state index contributed by atoms with van der Waals surface area (Å²) in [5.41, 5.74) is 3.04. The predicted molar refractivity (Wildman–Crippen MR) is 108 cm³/mol. The maximum Gasteiger partial charge on any atom is 0.501 e. The van der Waals surface area contributed by atoms with E-state index >= 15 is 0 Å². The van der Waals surface area contributed by atoms with Crippen molar-refractivity contribution >= 4 is 35.3 Å². The van der Waals surface area contributed by atoms with Crippen LogP contribution in [-0.2, 0) is 16.0 Å². The number of imide groups is 1. The number of allylic oxidation sites excluding steroid dienone is 1. The average Bonchev–Trinajstić information content (AvgIpc) is 3.33. The van der Waals surface area contributed by atoms with Crippen molar-refractivity contribution in [2.75, 3.05) is 13.1 Å². The summed E-state index contributed by atoms with van der Waals surface area (Å²) in [5, 5.41) is 4.48. The Morgan fingerprint density at radius 3 is 2.96 bits per heavy atom. The molecule has 28 heavy (non-hydrogen) atoms. The molecule has 7 heteroatoms. The van der Waals surface area contributed by atoms with Crippen molar-refractivity contribution in [3.63, 3.8) is 0 Å². The smallest absolute Gasteiger partial charge is 0.346 e. The summed E-state index contributed by atoms with van der Waals surface area (Å²) in [5.74, 6) is -0.374. The molecule has 0 radical (unpaired) electrons. The normalized spacial score (nSPS) is 23.2. The number of nitrogens with one attached hydrogen (secondary N) is 1. The van der Waals surface area contributed by atoms with Crippen LogP contribution in [0, 0.1) is 0 Å². The minimum Gasteiger partial charge on any atom is -0.346 e. The van der Waals surface area contributed by atoms with Gasteiger partial charge in [0.25, 0.3) is 5.91 Å². The molecule has 1 aromatic rings. The van der Waals surface area contributed by atoms with Gasteiger partial charge in [0.15, 0.2) is 11.8 Å². The third-order valence-corrected chi connectivity index (χ3v) is 6.50. The lowest BCUT2D eigenvalue weighted by Crippen LogP contribution is -2.56. The van der Waals surface area contributed by atoms with Crippen LogP contribution in [0.4, 0.5) is 4.79 Å². The molecule has 1 aliphatic carbocycles. The van der Waals surface area contributed by atoms with Crippen molar-refractivity contribution in [1.82, 2.24) is 10.2 Å². The van der Waals surface area contributed by atoms with Crippen molar-refractivity contribution < 1.29 is 19.0 Å². The molecule has 6 nitrogen and oxygen atoms in total. The summed E-state index contributed by atoms with van der Waals surface area (Å²) >= 11 is 1.39. The molecule has 0 spiro atoms. The molecule has 146 valence electrons. The molecular weight excluding hydrogens is 374 g/mol. The number of carbonyl (C=O) groups is 3. The topological polar surface area (TPSA) is 69.5 Å². The van der Waals surface area contributed by atoms with Crippen molar-refractivity contribution in [2.24, 2.45) is 0 Å². The SMILES string of the molecule is CCCCN1C(=O)C2SC=CC2=[N+](CC(=O)NC2CCc3ccccc32)C1=O. The van der Waals surface area contributed by atoms with Gasteiger partial charge in [-0.3, -0.25) is 4.79 Å². The van der Waals surface area contributed by atoms with E-state index in [2.05, 4.69) is 11.4 Å². The van der Waals surface area contributed by atoms with E-state index in [-0.39, 0.29) is 30.4 Å². The molecule has 0 saturated heterocycles. The van der Waals surface area contributed by atoms with Crippen LogP contribution in [-0.4, -0.2) is 51.4 Å². The quantitative estimate of drug-likeness (QED) is 0.748. The van der Waals surface area contributed by atoms with Crippen LogP contribution in [0.3, 0.4) is 0 Å². The van der Waals surface area contributed by atoms with Gasteiger partial charge in [-0.1, -0.05) is 37.6 Å². The third kappa shape index (κ3) is 3.39. The number of thioether (sulfide) groups is 1. The fraction of sp³-hybridized carbons (Fsp3) is 0.429. The lowest BCUT2D eigenvalue weighted by Gasteiger charge is -2.24. The number of aryl methyl sites for hydroxylation is 1. The zero-order chi connectivity index (χ0) is 19.7. The number of benzene rings is 1. The van der Waals surface area contributed by atoms with Crippen LogP contribution in [0.5, 0.6) is 0 Å². The number of rotatable bonds is 6. The second-order valence-corrected chi connectivity index (χ2v) is 8.33. The number of unbranched alkanes of at least 4 members (excludes halogenated alkanes) is 1. The molecule has 0 saturated carbocycles. The highest BCUT2D eigenvalue weighted by atomic mass is 32.2. The highest BCUT2D eigenvalue weighted by Gasteiger charge is 2.49. The Morgan fingerprint density at radius 2 is 2.14 bits per heavy atom. The lowest BCUT2D eigenvalue weighted by atomic mass is 10.1. The fourth-order valence-corrected chi connectivity index (χ4v) is 4.99.